The van der Waals surface area contributed by atoms with Crippen molar-refractivity contribution in [3.8, 4) is 0 Å². The van der Waals surface area contributed by atoms with Crippen molar-refractivity contribution in [1.82, 2.24) is 15.2 Å². The summed E-state index contributed by atoms with van der Waals surface area (Å²) in [7, 11) is 0. The monoisotopic (exact) mass is 264 g/mol. The minimum absolute atomic E-state index is 0.0228. The zero-order chi connectivity index (χ0) is 13.0. The molecular weight excluding hydrogens is 256 g/mol. The Labute approximate surface area is 107 Å². The highest BCUT2D eigenvalue weighted by Gasteiger charge is 2.05. The summed E-state index contributed by atoms with van der Waals surface area (Å²) >= 11 is 5.02. The normalized spacial score (nSPS) is 9.78. The first-order valence-corrected chi connectivity index (χ1v) is 5.24. The van der Waals surface area contributed by atoms with Crippen molar-refractivity contribution >= 4 is 34.7 Å². The maximum absolute atomic E-state index is 10.5. The summed E-state index contributed by atoms with van der Waals surface area (Å²) in [4.78, 5) is 13.9. The van der Waals surface area contributed by atoms with Gasteiger partial charge in [0.2, 0.25) is 5.95 Å². The quantitative estimate of drug-likeness (QED) is 0.438. The molecular formula is C9H8N6O2S. The standard InChI is InChI=1S/C9H8N6O2S/c16-15(17)7-3-1-6(2-4-7)12-9(18)13-8-10-5-11-14-8/h1-5H,(H3,10,11,12,13,14,18). The molecule has 3 N–H and O–H groups in total. The zero-order valence-electron chi connectivity index (χ0n) is 8.95. The highest BCUT2D eigenvalue weighted by atomic mass is 32.1. The molecule has 0 unspecified atom stereocenters. The highest BCUT2D eigenvalue weighted by molar-refractivity contribution is 7.80. The van der Waals surface area contributed by atoms with Gasteiger partial charge in [-0.15, -0.1) is 0 Å². The van der Waals surface area contributed by atoms with E-state index in [1.165, 1.54) is 18.5 Å². The molecule has 0 aliphatic heterocycles. The number of aromatic amines is 1. The van der Waals surface area contributed by atoms with Gasteiger partial charge in [0, 0.05) is 17.8 Å². The minimum Gasteiger partial charge on any atom is -0.332 e. The van der Waals surface area contributed by atoms with Gasteiger partial charge in [-0.1, -0.05) is 0 Å². The number of benzene rings is 1. The van der Waals surface area contributed by atoms with E-state index >= 15 is 0 Å². The number of nitro groups is 1. The first-order valence-electron chi connectivity index (χ1n) is 4.83. The number of anilines is 2. The van der Waals surface area contributed by atoms with Crippen LogP contribution in [-0.4, -0.2) is 25.2 Å². The van der Waals surface area contributed by atoms with Crippen LogP contribution in [0.15, 0.2) is 30.6 Å². The molecule has 18 heavy (non-hydrogen) atoms. The van der Waals surface area contributed by atoms with Crippen LogP contribution < -0.4 is 10.6 Å². The highest BCUT2D eigenvalue weighted by Crippen LogP contribution is 2.15. The van der Waals surface area contributed by atoms with Crippen LogP contribution in [-0.2, 0) is 0 Å². The Bertz CT molecular complexity index is 553. The van der Waals surface area contributed by atoms with Crippen molar-refractivity contribution < 1.29 is 4.92 Å². The van der Waals surface area contributed by atoms with Gasteiger partial charge in [0.25, 0.3) is 5.69 Å². The van der Waals surface area contributed by atoms with E-state index in [0.717, 1.165) is 0 Å². The molecule has 0 atom stereocenters. The topological polar surface area (TPSA) is 109 Å². The van der Waals surface area contributed by atoms with E-state index in [2.05, 4.69) is 25.8 Å². The molecule has 1 aromatic carbocycles. The molecule has 92 valence electrons. The predicted molar refractivity (Wildman–Crippen MR) is 69.3 cm³/mol. The first kappa shape index (κ1) is 11.9. The molecule has 0 bridgehead atoms. The van der Waals surface area contributed by atoms with Crippen molar-refractivity contribution in [2.75, 3.05) is 10.6 Å². The number of rotatable bonds is 3. The molecule has 0 fully saturated rings. The van der Waals surface area contributed by atoms with Gasteiger partial charge in [-0.3, -0.25) is 10.1 Å². The lowest BCUT2D eigenvalue weighted by Gasteiger charge is -2.07. The van der Waals surface area contributed by atoms with E-state index in [4.69, 9.17) is 12.2 Å². The van der Waals surface area contributed by atoms with Gasteiger partial charge in [-0.25, -0.2) is 5.10 Å². The summed E-state index contributed by atoms with van der Waals surface area (Å²) in [6.07, 6.45) is 1.34. The SMILES string of the molecule is O=[N+]([O-])c1ccc(NC(=S)Nc2ncn[nH]2)cc1. The van der Waals surface area contributed by atoms with E-state index in [9.17, 15) is 10.1 Å². The predicted octanol–water partition coefficient (Wildman–Crippen LogP) is 1.52. The second-order valence-electron chi connectivity index (χ2n) is 3.22. The molecule has 2 rings (SSSR count). The number of thiocarbonyl (C=S) groups is 1. The van der Waals surface area contributed by atoms with Crippen LogP contribution >= 0.6 is 12.2 Å². The molecule has 2 aromatic rings. The molecule has 0 saturated carbocycles. The number of H-pyrrole nitrogens is 1. The number of aromatic nitrogens is 3. The summed E-state index contributed by atoms with van der Waals surface area (Å²) in [5.41, 5.74) is 0.660. The molecule has 0 aliphatic rings. The van der Waals surface area contributed by atoms with E-state index in [1.807, 2.05) is 0 Å². The van der Waals surface area contributed by atoms with Crippen molar-refractivity contribution in [3.63, 3.8) is 0 Å². The smallest absolute Gasteiger partial charge is 0.269 e. The molecule has 0 spiro atoms. The van der Waals surface area contributed by atoms with Gasteiger partial charge in [0.1, 0.15) is 6.33 Å². The zero-order valence-corrected chi connectivity index (χ0v) is 9.77. The molecule has 0 radical (unpaired) electrons. The van der Waals surface area contributed by atoms with Crippen LogP contribution in [0.25, 0.3) is 0 Å². The fourth-order valence-electron chi connectivity index (χ4n) is 1.20. The molecule has 0 aliphatic carbocycles. The summed E-state index contributed by atoms with van der Waals surface area (Å²) in [6, 6.07) is 5.90. The van der Waals surface area contributed by atoms with Gasteiger partial charge in [-0.2, -0.15) is 10.1 Å². The van der Waals surface area contributed by atoms with Gasteiger partial charge >= 0.3 is 0 Å². The number of hydrogen-bond acceptors (Lipinski definition) is 5. The van der Waals surface area contributed by atoms with Crippen LogP contribution in [0, 0.1) is 10.1 Å². The minimum atomic E-state index is -0.463. The summed E-state index contributed by atoms with van der Waals surface area (Å²) in [6.45, 7) is 0. The molecule has 0 amide bonds. The Balaban J connectivity index is 1.97. The second kappa shape index (κ2) is 5.19. The van der Waals surface area contributed by atoms with E-state index in [1.54, 1.807) is 12.1 Å². The van der Waals surface area contributed by atoms with Crippen LogP contribution in [0.3, 0.4) is 0 Å². The maximum Gasteiger partial charge on any atom is 0.269 e. The van der Waals surface area contributed by atoms with Gasteiger partial charge in [0.15, 0.2) is 5.11 Å². The third kappa shape index (κ3) is 2.98. The average molecular weight is 264 g/mol. The Hall–Kier alpha value is -2.55. The summed E-state index contributed by atoms with van der Waals surface area (Å²) in [5.74, 6) is 0.411. The van der Waals surface area contributed by atoms with Crippen molar-refractivity contribution in [3.05, 3.63) is 40.7 Å². The van der Waals surface area contributed by atoms with E-state index in [0.29, 0.717) is 16.7 Å². The Morgan fingerprint density at radius 1 is 1.33 bits per heavy atom. The average Bonchev–Trinajstić information content (AvgIpc) is 2.82. The fraction of sp³-hybridized carbons (Fsp3) is 0. The van der Waals surface area contributed by atoms with Gasteiger partial charge < -0.3 is 10.6 Å². The van der Waals surface area contributed by atoms with Gasteiger partial charge in [-0.05, 0) is 24.4 Å². The van der Waals surface area contributed by atoms with Gasteiger partial charge in [0.05, 0.1) is 4.92 Å². The summed E-state index contributed by atoms with van der Waals surface area (Å²) in [5, 5.41) is 22.6. The second-order valence-corrected chi connectivity index (χ2v) is 3.63. The third-order valence-corrected chi connectivity index (χ3v) is 2.19. The Kier molecular flexibility index (Phi) is 3.44. The Morgan fingerprint density at radius 3 is 2.61 bits per heavy atom. The number of nitrogens with one attached hydrogen (secondary N) is 3. The maximum atomic E-state index is 10.5. The van der Waals surface area contributed by atoms with Crippen molar-refractivity contribution in [2.45, 2.75) is 0 Å². The van der Waals surface area contributed by atoms with E-state index in [-0.39, 0.29) is 5.69 Å². The first-order chi connectivity index (χ1) is 8.65. The molecule has 1 heterocycles. The summed E-state index contributed by atoms with van der Waals surface area (Å²) < 4.78 is 0. The largest absolute Gasteiger partial charge is 0.332 e. The molecule has 1 aromatic heterocycles. The lowest BCUT2D eigenvalue weighted by Crippen LogP contribution is -2.19. The fourth-order valence-corrected chi connectivity index (χ4v) is 1.42. The number of non-ortho nitro benzene ring substituents is 1. The van der Waals surface area contributed by atoms with Crippen molar-refractivity contribution in [1.29, 1.82) is 0 Å². The van der Waals surface area contributed by atoms with E-state index < -0.39 is 4.92 Å². The lowest BCUT2D eigenvalue weighted by molar-refractivity contribution is -0.384. The molecule has 9 heteroatoms. The van der Waals surface area contributed by atoms with Crippen LogP contribution in [0.5, 0.6) is 0 Å². The number of hydrogen-bond donors (Lipinski definition) is 3. The number of nitro benzene ring substituents is 1. The van der Waals surface area contributed by atoms with Crippen LogP contribution in [0.2, 0.25) is 0 Å². The molecule has 0 saturated heterocycles. The number of nitrogens with zero attached hydrogens (tertiary/aromatic N) is 3. The lowest BCUT2D eigenvalue weighted by atomic mass is 10.3. The van der Waals surface area contributed by atoms with Crippen molar-refractivity contribution in [2.24, 2.45) is 0 Å². The third-order valence-electron chi connectivity index (χ3n) is 1.98. The Morgan fingerprint density at radius 2 is 2.06 bits per heavy atom. The van der Waals surface area contributed by atoms with Crippen LogP contribution in [0.1, 0.15) is 0 Å². The molecule has 8 nitrogen and oxygen atoms in total. The van der Waals surface area contributed by atoms with Crippen LogP contribution in [0.4, 0.5) is 17.3 Å².